The van der Waals surface area contributed by atoms with Gasteiger partial charge in [-0.25, -0.2) is 4.98 Å². The second-order valence-corrected chi connectivity index (χ2v) is 6.12. The molecule has 0 atom stereocenters. The molecular formula is C20H18ClN3O. The van der Waals surface area contributed by atoms with E-state index in [1.807, 2.05) is 43.3 Å². The Balaban J connectivity index is 1.69. The first-order valence-corrected chi connectivity index (χ1v) is 8.31. The Morgan fingerprint density at radius 1 is 1.08 bits per heavy atom. The molecule has 0 aliphatic heterocycles. The zero-order valence-corrected chi connectivity index (χ0v) is 14.5. The first-order chi connectivity index (χ1) is 12.1. The number of pyridine rings is 1. The average Bonchev–Trinajstić information content (AvgIpc) is 2.63. The minimum Gasteiger partial charge on any atom is -0.366 e. The Kier molecular flexibility index (Phi) is 5.31. The van der Waals surface area contributed by atoms with Gasteiger partial charge >= 0.3 is 0 Å². The SMILES string of the molecule is Cc1cc(Cl)ccc1NC(=O)c1ccnc(NCc2ccccc2)c1. The van der Waals surface area contributed by atoms with Crippen LogP contribution in [0, 0.1) is 6.92 Å². The molecule has 1 aromatic heterocycles. The molecule has 0 saturated heterocycles. The highest BCUT2D eigenvalue weighted by Crippen LogP contribution is 2.20. The zero-order valence-electron chi connectivity index (χ0n) is 13.8. The Hall–Kier alpha value is -2.85. The minimum absolute atomic E-state index is 0.185. The van der Waals surface area contributed by atoms with E-state index in [9.17, 15) is 4.79 Å². The number of carbonyl (C=O) groups excluding carboxylic acids is 1. The summed E-state index contributed by atoms with van der Waals surface area (Å²) in [5.41, 5.74) is 3.35. The molecule has 0 aliphatic carbocycles. The predicted molar refractivity (Wildman–Crippen MR) is 102 cm³/mol. The van der Waals surface area contributed by atoms with Gasteiger partial charge in [-0.1, -0.05) is 41.9 Å². The van der Waals surface area contributed by atoms with Crippen molar-refractivity contribution in [1.29, 1.82) is 0 Å². The number of amides is 1. The molecular weight excluding hydrogens is 334 g/mol. The topological polar surface area (TPSA) is 54.0 Å². The van der Waals surface area contributed by atoms with E-state index in [2.05, 4.69) is 15.6 Å². The summed E-state index contributed by atoms with van der Waals surface area (Å²) in [6.07, 6.45) is 1.62. The lowest BCUT2D eigenvalue weighted by molar-refractivity contribution is 0.102. The van der Waals surface area contributed by atoms with E-state index in [1.54, 1.807) is 30.5 Å². The number of rotatable bonds is 5. The van der Waals surface area contributed by atoms with E-state index in [0.29, 0.717) is 22.9 Å². The first kappa shape index (κ1) is 17.0. The molecule has 4 nitrogen and oxygen atoms in total. The Bertz CT molecular complexity index is 881. The number of aryl methyl sites for hydroxylation is 1. The molecule has 0 unspecified atom stereocenters. The lowest BCUT2D eigenvalue weighted by atomic mass is 10.2. The molecule has 2 N–H and O–H groups in total. The van der Waals surface area contributed by atoms with E-state index in [1.165, 1.54) is 0 Å². The molecule has 0 radical (unpaired) electrons. The summed E-state index contributed by atoms with van der Waals surface area (Å²) in [7, 11) is 0. The zero-order chi connectivity index (χ0) is 17.6. The molecule has 0 spiro atoms. The summed E-state index contributed by atoms with van der Waals surface area (Å²) < 4.78 is 0. The van der Waals surface area contributed by atoms with Crippen LogP contribution in [-0.2, 0) is 6.54 Å². The van der Waals surface area contributed by atoms with E-state index >= 15 is 0 Å². The summed E-state index contributed by atoms with van der Waals surface area (Å²) in [6.45, 7) is 2.55. The highest BCUT2D eigenvalue weighted by molar-refractivity contribution is 6.30. The number of hydrogen-bond acceptors (Lipinski definition) is 3. The normalized spacial score (nSPS) is 10.3. The van der Waals surface area contributed by atoms with Gasteiger partial charge in [0.05, 0.1) is 0 Å². The third-order valence-electron chi connectivity index (χ3n) is 3.78. The molecule has 0 fully saturated rings. The lowest BCUT2D eigenvalue weighted by Gasteiger charge is -2.10. The predicted octanol–water partition coefficient (Wildman–Crippen LogP) is 4.91. The second kappa shape index (κ2) is 7.81. The molecule has 1 heterocycles. The third kappa shape index (κ3) is 4.58. The van der Waals surface area contributed by atoms with Crippen molar-refractivity contribution in [3.05, 3.63) is 88.6 Å². The number of nitrogens with one attached hydrogen (secondary N) is 2. The van der Waals surface area contributed by atoms with Gasteiger partial charge in [0.2, 0.25) is 0 Å². The molecule has 126 valence electrons. The number of carbonyl (C=O) groups is 1. The molecule has 25 heavy (non-hydrogen) atoms. The molecule has 3 rings (SSSR count). The van der Waals surface area contributed by atoms with Gasteiger partial charge in [-0.3, -0.25) is 4.79 Å². The van der Waals surface area contributed by atoms with Crippen LogP contribution in [0.25, 0.3) is 0 Å². The highest BCUT2D eigenvalue weighted by Gasteiger charge is 2.09. The summed E-state index contributed by atoms with van der Waals surface area (Å²) in [6, 6.07) is 18.8. The van der Waals surface area contributed by atoms with Gasteiger partial charge in [-0.05, 0) is 48.4 Å². The Morgan fingerprint density at radius 2 is 1.88 bits per heavy atom. The van der Waals surface area contributed by atoms with Crippen LogP contribution in [0.15, 0.2) is 66.9 Å². The van der Waals surface area contributed by atoms with Crippen molar-refractivity contribution in [2.45, 2.75) is 13.5 Å². The molecule has 5 heteroatoms. The number of hydrogen-bond donors (Lipinski definition) is 2. The van der Waals surface area contributed by atoms with Crippen molar-refractivity contribution in [2.24, 2.45) is 0 Å². The lowest BCUT2D eigenvalue weighted by Crippen LogP contribution is -2.13. The maximum atomic E-state index is 12.5. The standard InChI is InChI=1S/C20H18ClN3O/c1-14-11-17(21)7-8-18(14)24-20(25)16-9-10-22-19(12-16)23-13-15-5-3-2-4-6-15/h2-12H,13H2,1H3,(H,22,23)(H,24,25). The summed E-state index contributed by atoms with van der Waals surface area (Å²) in [5, 5.41) is 6.78. The minimum atomic E-state index is -0.185. The molecule has 1 amide bonds. The van der Waals surface area contributed by atoms with Crippen LogP contribution < -0.4 is 10.6 Å². The van der Waals surface area contributed by atoms with Gasteiger partial charge in [-0.2, -0.15) is 0 Å². The monoisotopic (exact) mass is 351 g/mol. The maximum Gasteiger partial charge on any atom is 0.255 e. The molecule has 0 aliphatic rings. The first-order valence-electron chi connectivity index (χ1n) is 7.93. The van der Waals surface area contributed by atoms with E-state index < -0.39 is 0 Å². The van der Waals surface area contributed by atoms with E-state index in [0.717, 1.165) is 16.8 Å². The number of anilines is 2. The van der Waals surface area contributed by atoms with Crippen molar-refractivity contribution in [1.82, 2.24) is 4.98 Å². The quantitative estimate of drug-likeness (QED) is 0.686. The summed E-state index contributed by atoms with van der Waals surface area (Å²) >= 11 is 5.95. The van der Waals surface area contributed by atoms with Gasteiger partial charge in [0.1, 0.15) is 5.82 Å². The van der Waals surface area contributed by atoms with Gasteiger partial charge < -0.3 is 10.6 Å². The van der Waals surface area contributed by atoms with Crippen molar-refractivity contribution >= 4 is 29.0 Å². The number of nitrogens with zero attached hydrogens (tertiary/aromatic N) is 1. The molecule has 2 aromatic carbocycles. The van der Waals surface area contributed by atoms with Crippen LogP contribution in [0.4, 0.5) is 11.5 Å². The van der Waals surface area contributed by atoms with Crippen LogP contribution in [0.5, 0.6) is 0 Å². The fourth-order valence-corrected chi connectivity index (χ4v) is 2.65. The average molecular weight is 352 g/mol. The Morgan fingerprint density at radius 3 is 2.64 bits per heavy atom. The number of benzene rings is 2. The van der Waals surface area contributed by atoms with Crippen molar-refractivity contribution < 1.29 is 4.79 Å². The summed E-state index contributed by atoms with van der Waals surface area (Å²) in [4.78, 5) is 16.7. The number of aromatic nitrogens is 1. The largest absolute Gasteiger partial charge is 0.366 e. The smallest absolute Gasteiger partial charge is 0.255 e. The van der Waals surface area contributed by atoms with Crippen molar-refractivity contribution in [3.63, 3.8) is 0 Å². The highest BCUT2D eigenvalue weighted by atomic mass is 35.5. The fraction of sp³-hybridized carbons (Fsp3) is 0.100. The van der Waals surface area contributed by atoms with Crippen LogP contribution in [0.1, 0.15) is 21.5 Å². The summed E-state index contributed by atoms with van der Waals surface area (Å²) in [5.74, 6) is 0.472. The van der Waals surface area contributed by atoms with Crippen LogP contribution >= 0.6 is 11.6 Å². The third-order valence-corrected chi connectivity index (χ3v) is 4.01. The van der Waals surface area contributed by atoms with Crippen molar-refractivity contribution in [2.75, 3.05) is 10.6 Å². The van der Waals surface area contributed by atoms with Gasteiger partial charge in [0.15, 0.2) is 0 Å². The van der Waals surface area contributed by atoms with Gasteiger partial charge in [0, 0.05) is 29.0 Å². The Labute approximate surface area is 151 Å². The van der Waals surface area contributed by atoms with Crippen LogP contribution in [-0.4, -0.2) is 10.9 Å². The van der Waals surface area contributed by atoms with Gasteiger partial charge in [-0.15, -0.1) is 0 Å². The van der Waals surface area contributed by atoms with Crippen LogP contribution in [0.2, 0.25) is 5.02 Å². The number of halogens is 1. The maximum absolute atomic E-state index is 12.5. The van der Waals surface area contributed by atoms with E-state index in [4.69, 9.17) is 11.6 Å². The molecule has 0 bridgehead atoms. The van der Waals surface area contributed by atoms with E-state index in [-0.39, 0.29) is 5.91 Å². The fourth-order valence-electron chi connectivity index (χ4n) is 2.42. The van der Waals surface area contributed by atoms with Crippen molar-refractivity contribution in [3.8, 4) is 0 Å². The van der Waals surface area contributed by atoms with Gasteiger partial charge in [0.25, 0.3) is 5.91 Å². The molecule has 3 aromatic rings. The van der Waals surface area contributed by atoms with Crippen LogP contribution in [0.3, 0.4) is 0 Å². The molecule has 0 saturated carbocycles. The second-order valence-electron chi connectivity index (χ2n) is 5.68.